The molecule has 2 N–H and O–H groups in total. The molecule has 1 saturated carbocycles. The van der Waals surface area contributed by atoms with Gasteiger partial charge in [-0.2, -0.15) is 0 Å². The van der Waals surface area contributed by atoms with Gasteiger partial charge in [-0.15, -0.1) is 0 Å². The Bertz CT molecular complexity index is 398. The molecule has 0 spiro atoms. The molecule has 1 aromatic rings. The maximum atomic E-state index is 12.8. The molecule has 1 aliphatic carbocycles. The average Bonchev–Trinajstić information content (AvgIpc) is 3.08. The van der Waals surface area contributed by atoms with E-state index in [1.807, 2.05) is 0 Å². The van der Waals surface area contributed by atoms with Crippen molar-refractivity contribution in [2.45, 2.75) is 31.2 Å². The molecular formula is C13H16FNO2. The van der Waals surface area contributed by atoms with Crippen LogP contribution in [0.1, 0.15) is 31.2 Å². The number of benzene rings is 1. The molecule has 0 unspecified atom stereocenters. The van der Waals surface area contributed by atoms with E-state index in [9.17, 15) is 9.18 Å². The van der Waals surface area contributed by atoms with E-state index >= 15 is 0 Å². The van der Waals surface area contributed by atoms with E-state index in [4.69, 9.17) is 5.11 Å². The van der Waals surface area contributed by atoms with Crippen LogP contribution in [-0.4, -0.2) is 17.6 Å². The minimum absolute atomic E-state index is 0.0248. The molecule has 3 nitrogen and oxygen atoms in total. The molecule has 0 heterocycles. The van der Waals surface area contributed by atoms with Gasteiger partial charge in [0.05, 0.1) is 5.54 Å². The number of rotatable bonds is 5. The minimum Gasteiger partial charge on any atom is -0.396 e. The Morgan fingerprint density at radius 2 is 2.00 bits per heavy atom. The van der Waals surface area contributed by atoms with Crippen LogP contribution in [0.25, 0.3) is 0 Å². The van der Waals surface area contributed by atoms with E-state index in [-0.39, 0.29) is 23.9 Å². The van der Waals surface area contributed by atoms with Gasteiger partial charge in [-0.1, -0.05) is 12.1 Å². The van der Waals surface area contributed by atoms with Crippen LogP contribution in [-0.2, 0) is 10.3 Å². The summed E-state index contributed by atoms with van der Waals surface area (Å²) in [6.45, 7) is 0.0248. The molecule has 1 amide bonds. The van der Waals surface area contributed by atoms with Gasteiger partial charge in [0.25, 0.3) is 0 Å². The molecule has 0 aliphatic heterocycles. The molecular weight excluding hydrogens is 221 g/mol. The summed E-state index contributed by atoms with van der Waals surface area (Å²) >= 11 is 0. The van der Waals surface area contributed by atoms with E-state index in [0.29, 0.717) is 12.8 Å². The summed E-state index contributed by atoms with van der Waals surface area (Å²) in [5, 5.41) is 11.6. The Labute approximate surface area is 99.7 Å². The summed E-state index contributed by atoms with van der Waals surface area (Å²) in [5.74, 6) is -0.322. The van der Waals surface area contributed by atoms with Crippen LogP contribution in [0.2, 0.25) is 0 Å². The van der Waals surface area contributed by atoms with Crippen LogP contribution >= 0.6 is 0 Å². The number of hydrogen-bond donors (Lipinski definition) is 2. The third kappa shape index (κ3) is 2.82. The molecule has 0 radical (unpaired) electrons. The number of aliphatic hydroxyl groups excluding tert-OH is 1. The smallest absolute Gasteiger partial charge is 0.220 e. The predicted molar refractivity (Wildman–Crippen MR) is 61.8 cm³/mol. The monoisotopic (exact) mass is 237 g/mol. The average molecular weight is 237 g/mol. The maximum Gasteiger partial charge on any atom is 0.220 e. The van der Waals surface area contributed by atoms with Crippen LogP contribution in [0.15, 0.2) is 24.3 Å². The summed E-state index contributed by atoms with van der Waals surface area (Å²) in [6, 6.07) is 6.26. The van der Waals surface area contributed by atoms with E-state index in [1.54, 1.807) is 12.1 Å². The third-order valence-electron chi connectivity index (χ3n) is 3.09. The van der Waals surface area contributed by atoms with E-state index in [0.717, 1.165) is 18.4 Å². The van der Waals surface area contributed by atoms with Crippen molar-refractivity contribution in [3.05, 3.63) is 35.6 Å². The molecule has 1 fully saturated rings. The van der Waals surface area contributed by atoms with Crippen LogP contribution in [0, 0.1) is 5.82 Å². The third-order valence-corrected chi connectivity index (χ3v) is 3.09. The van der Waals surface area contributed by atoms with Gasteiger partial charge in [-0.05, 0) is 37.0 Å². The number of halogens is 1. The van der Waals surface area contributed by atoms with Crippen LogP contribution < -0.4 is 5.32 Å². The number of hydrogen-bond acceptors (Lipinski definition) is 2. The van der Waals surface area contributed by atoms with E-state index in [1.165, 1.54) is 12.1 Å². The van der Waals surface area contributed by atoms with Gasteiger partial charge in [0.15, 0.2) is 0 Å². The molecule has 17 heavy (non-hydrogen) atoms. The second-order valence-corrected chi connectivity index (χ2v) is 4.46. The number of aliphatic hydroxyl groups is 1. The Balaban J connectivity index is 2.00. The number of nitrogens with one attached hydrogen (secondary N) is 1. The zero-order valence-electron chi connectivity index (χ0n) is 9.58. The molecule has 92 valence electrons. The first-order valence-electron chi connectivity index (χ1n) is 5.84. The Hall–Kier alpha value is -1.42. The van der Waals surface area contributed by atoms with Gasteiger partial charge in [-0.25, -0.2) is 4.39 Å². The first kappa shape index (κ1) is 12.0. The lowest BCUT2D eigenvalue weighted by Gasteiger charge is -2.17. The quantitative estimate of drug-likeness (QED) is 0.819. The molecule has 2 rings (SSSR count). The first-order chi connectivity index (χ1) is 8.16. The van der Waals surface area contributed by atoms with E-state index < -0.39 is 0 Å². The summed E-state index contributed by atoms with van der Waals surface area (Å²) in [6.07, 6.45) is 2.60. The van der Waals surface area contributed by atoms with E-state index in [2.05, 4.69) is 5.32 Å². The highest BCUT2D eigenvalue weighted by atomic mass is 19.1. The highest BCUT2D eigenvalue weighted by molar-refractivity contribution is 5.77. The van der Waals surface area contributed by atoms with Crippen molar-refractivity contribution in [1.29, 1.82) is 0 Å². The molecule has 4 heteroatoms. The zero-order valence-corrected chi connectivity index (χ0v) is 9.58. The summed E-state index contributed by atoms with van der Waals surface area (Å²) in [5.41, 5.74) is 0.663. The second kappa shape index (κ2) is 4.84. The van der Waals surface area contributed by atoms with Crippen LogP contribution in [0.3, 0.4) is 0 Å². The van der Waals surface area contributed by atoms with Crippen molar-refractivity contribution in [3.8, 4) is 0 Å². The van der Waals surface area contributed by atoms with Gasteiger partial charge in [0.1, 0.15) is 5.82 Å². The largest absolute Gasteiger partial charge is 0.396 e. The topological polar surface area (TPSA) is 49.3 Å². The molecule has 0 aromatic heterocycles. The highest BCUT2D eigenvalue weighted by Crippen LogP contribution is 2.45. The SMILES string of the molecule is O=C(CCCO)NC1(c2ccc(F)cc2)CC1. The lowest BCUT2D eigenvalue weighted by atomic mass is 10.0. The van der Waals surface area contributed by atoms with Gasteiger partial charge in [-0.3, -0.25) is 4.79 Å². The summed E-state index contributed by atoms with van der Waals surface area (Å²) in [7, 11) is 0. The fourth-order valence-corrected chi connectivity index (χ4v) is 1.95. The molecule has 1 aliphatic rings. The number of amides is 1. The van der Waals surface area contributed by atoms with Crippen LogP contribution in [0.4, 0.5) is 4.39 Å². The molecule has 0 saturated heterocycles. The molecule has 0 bridgehead atoms. The lowest BCUT2D eigenvalue weighted by Crippen LogP contribution is -2.34. The van der Waals surface area contributed by atoms with Gasteiger partial charge in [0, 0.05) is 13.0 Å². The van der Waals surface area contributed by atoms with Crippen molar-refractivity contribution in [1.82, 2.24) is 5.32 Å². The van der Waals surface area contributed by atoms with Gasteiger partial charge in [0.2, 0.25) is 5.91 Å². The minimum atomic E-state index is -0.291. The standard InChI is InChI=1S/C13H16FNO2/c14-11-5-3-10(4-6-11)13(7-8-13)15-12(17)2-1-9-16/h3-6,16H,1-2,7-9H2,(H,15,17). The Morgan fingerprint density at radius 1 is 1.35 bits per heavy atom. The normalized spacial score (nSPS) is 16.6. The van der Waals surface area contributed by atoms with Crippen molar-refractivity contribution in [2.75, 3.05) is 6.61 Å². The van der Waals surface area contributed by atoms with Crippen molar-refractivity contribution in [3.63, 3.8) is 0 Å². The number of carbonyl (C=O) groups is 1. The van der Waals surface area contributed by atoms with Crippen molar-refractivity contribution >= 4 is 5.91 Å². The number of carbonyl (C=O) groups excluding carboxylic acids is 1. The fraction of sp³-hybridized carbons (Fsp3) is 0.462. The predicted octanol–water partition coefficient (Wildman–Crippen LogP) is 1.70. The Kier molecular flexibility index (Phi) is 3.43. The zero-order chi connectivity index (χ0) is 12.3. The molecule has 0 atom stereocenters. The van der Waals surface area contributed by atoms with Gasteiger partial charge >= 0.3 is 0 Å². The Morgan fingerprint density at radius 3 is 2.53 bits per heavy atom. The summed E-state index contributed by atoms with van der Waals surface area (Å²) < 4.78 is 12.8. The van der Waals surface area contributed by atoms with Crippen molar-refractivity contribution < 1.29 is 14.3 Å². The lowest BCUT2D eigenvalue weighted by molar-refractivity contribution is -0.122. The maximum absolute atomic E-state index is 12.8. The molecule has 1 aromatic carbocycles. The van der Waals surface area contributed by atoms with Crippen LogP contribution in [0.5, 0.6) is 0 Å². The summed E-state index contributed by atoms with van der Waals surface area (Å²) in [4.78, 5) is 11.6. The second-order valence-electron chi connectivity index (χ2n) is 4.46. The van der Waals surface area contributed by atoms with Crippen molar-refractivity contribution in [2.24, 2.45) is 0 Å². The van der Waals surface area contributed by atoms with Gasteiger partial charge < -0.3 is 10.4 Å². The first-order valence-corrected chi connectivity index (χ1v) is 5.84. The fourth-order valence-electron chi connectivity index (χ4n) is 1.95. The highest BCUT2D eigenvalue weighted by Gasteiger charge is 2.45.